The van der Waals surface area contributed by atoms with Crippen LogP contribution in [-0.4, -0.2) is 22.7 Å². The van der Waals surface area contributed by atoms with E-state index in [0.717, 1.165) is 12.1 Å². The number of benzene rings is 1. The van der Waals surface area contributed by atoms with Gasteiger partial charge in [-0.05, 0) is 24.4 Å². The molecule has 5 nitrogen and oxygen atoms in total. The molecule has 0 amide bonds. The first kappa shape index (κ1) is 14.6. The number of nitrogens with zero attached hydrogens (tertiary/aromatic N) is 1. The number of hydrogen-bond donors (Lipinski definition) is 2. The van der Waals surface area contributed by atoms with Crippen molar-refractivity contribution in [2.45, 2.75) is 32.9 Å². The number of aliphatic hydroxyl groups is 1. The molecule has 2 N–H and O–H groups in total. The standard InChI is InChI=1S/C13H20N2O3/c1-10(2)13(16)7-8-14-9-11-3-5-12(6-4-11)15(17)18/h3-6,10,13-14,16H,7-9H2,1-2H3. The van der Waals surface area contributed by atoms with Crippen LogP contribution in [0.3, 0.4) is 0 Å². The van der Waals surface area contributed by atoms with E-state index >= 15 is 0 Å². The summed E-state index contributed by atoms with van der Waals surface area (Å²) in [6, 6.07) is 6.48. The highest BCUT2D eigenvalue weighted by Crippen LogP contribution is 2.11. The average Bonchev–Trinajstić information content (AvgIpc) is 2.34. The van der Waals surface area contributed by atoms with Gasteiger partial charge in [0, 0.05) is 18.7 Å². The van der Waals surface area contributed by atoms with E-state index in [-0.39, 0.29) is 17.7 Å². The molecular weight excluding hydrogens is 232 g/mol. The second-order valence-corrected chi connectivity index (χ2v) is 4.70. The predicted octanol–water partition coefficient (Wildman–Crippen LogP) is 2.09. The van der Waals surface area contributed by atoms with Crippen molar-refractivity contribution in [3.63, 3.8) is 0 Å². The van der Waals surface area contributed by atoms with Gasteiger partial charge in [-0.25, -0.2) is 0 Å². The molecule has 0 bridgehead atoms. The third-order valence-corrected chi connectivity index (χ3v) is 2.86. The van der Waals surface area contributed by atoms with Crippen molar-refractivity contribution < 1.29 is 10.0 Å². The Bertz CT molecular complexity index is 376. The van der Waals surface area contributed by atoms with Crippen LogP contribution in [0.5, 0.6) is 0 Å². The minimum absolute atomic E-state index is 0.106. The number of nitrogens with one attached hydrogen (secondary N) is 1. The van der Waals surface area contributed by atoms with Gasteiger partial charge in [-0.1, -0.05) is 26.0 Å². The topological polar surface area (TPSA) is 75.4 Å². The number of nitro benzene ring substituents is 1. The van der Waals surface area contributed by atoms with Crippen LogP contribution >= 0.6 is 0 Å². The Morgan fingerprint density at radius 1 is 1.33 bits per heavy atom. The summed E-state index contributed by atoms with van der Waals surface area (Å²) in [5.74, 6) is 0.270. The minimum Gasteiger partial charge on any atom is -0.393 e. The molecule has 0 aliphatic rings. The third kappa shape index (κ3) is 4.81. The molecule has 1 aromatic carbocycles. The Morgan fingerprint density at radius 3 is 2.44 bits per heavy atom. The number of hydrogen-bond acceptors (Lipinski definition) is 4. The molecule has 1 atom stereocenters. The van der Waals surface area contributed by atoms with Crippen LogP contribution in [0.2, 0.25) is 0 Å². The first-order chi connectivity index (χ1) is 8.50. The van der Waals surface area contributed by atoms with Crippen molar-refractivity contribution in [3.8, 4) is 0 Å². The van der Waals surface area contributed by atoms with Crippen LogP contribution in [0.25, 0.3) is 0 Å². The van der Waals surface area contributed by atoms with Gasteiger partial charge >= 0.3 is 0 Å². The van der Waals surface area contributed by atoms with Crippen molar-refractivity contribution >= 4 is 5.69 Å². The van der Waals surface area contributed by atoms with Crippen LogP contribution in [0, 0.1) is 16.0 Å². The van der Waals surface area contributed by atoms with Crippen LogP contribution in [0.15, 0.2) is 24.3 Å². The number of non-ortho nitro benzene ring substituents is 1. The zero-order chi connectivity index (χ0) is 13.5. The number of rotatable bonds is 7. The summed E-state index contributed by atoms with van der Waals surface area (Å²) in [6.07, 6.45) is 0.430. The van der Waals surface area contributed by atoms with Gasteiger partial charge in [0.1, 0.15) is 0 Å². The van der Waals surface area contributed by atoms with Crippen LogP contribution in [0.4, 0.5) is 5.69 Å². The SMILES string of the molecule is CC(C)C(O)CCNCc1ccc([N+](=O)[O-])cc1. The maximum atomic E-state index is 10.5. The molecule has 0 fully saturated rings. The summed E-state index contributed by atoms with van der Waals surface area (Å²) < 4.78 is 0. The van der Waals surface area contributed by atoms with Crippen molar-refractivity contribution in [3.05, 3.63) is 39.9 Å². The molecule has 18 heavy (non-hydrogen) atoms. The average molecular weight is 252 g/mol. The van der Waals surface area contributed by atoms with Gasteiger partial charge in [0.15, 0.2) is 0 Å². The van der Waals surface area contributed by atoms with Crippen molar-refractivity contribution in [1.29, 1.82) is 0 Å². The van der Waals surface area contributed by atoms with Gasteiger partial charge in [-0.2, -0.15) is 0 Å². The molecule has 100 valence electrons. The highest BCUT2D eigenvalue weighted by molar-refractivity contribution is 5.32. The molecule has 1 rings (SSSR count). The molecule has 0 radical (unpaired) electrons. The molecule has 0 saturated carbocycles. The summed E-state index contributed by atoms with van der Waals surface area (Å²) in [5, 5.41) is 23.3. The van der Waals surface area contributed by atoms with Crippen molar-refractivity contribution in [2.75, 3.05) is 6.54 Å². The van der Waals surface area contributed by atoms with Crippen LogP contribution in [0.1, 0.15) is 25.8 Å². The van der Waals surface area contributed by atoms with E-state index < -0.39 is 4.92 Å². The van der Waals surface area contributed by atoms with E-state index in [0.29, 0.717) is 13.0 Å². The smallest absolute Gasteiger partial charge is 0.269 e. The summed E-state index contributed by atoms with van der Waals surface area (Å²) in [4.78, 5) is 10.1. The second kappa shape index (κ2) is 7.08. The van der Waals surface area contributed by atoms with E-state index in [2.05, 4.69) is 5.32 Å². The molecule has 0 spiro atoms. The van der Waals surface area contributed by atoms with Gasteiger partial charge in [-0.15, -0.1) is 0 Å². The summed E-state index contributed by atoms with van der Waals surface area (Å²) in [7, 11) is 0. The van der Waals surface area contributed by atoms with Gasteiger partial charge < -0.3 is 10.4 Å². The third-order valence-electron chi connectivity index (χ3n) is 2.86. The lowest BCUT2D eigenvalue weighted by atomic mass is 10.0. The lowest BCUT2D eigenvalue weighted by Gasteiger charge is -2.14. The first-order valence-corrected chi connectivity index (χ1v) is 6.13. The fraction of sp³-hybridized carbons (Fsp3) is 0.538. The van der Waals surface area contributed by atoms with Crippen molar-refractivity contribution in [2.24, 2.45) is 5.92 Å². The van der Waals surface area contributed by atoms with E-state index in [1.54, 1.807) is 12.1 Å². The first-order valence-electron chi connectivity index (χ1n) is 6.13. The van der Waals surface area contributed by atoms with E-state index in [9.17, 15) is 15.2 Å². The normalized spacial score (nSPS) is 12.7. The lowest BCUT2D eigenvalue weighted by molar-refractivity contribution is -0.384. The molecule has 1 aromatic rings. The highest BCUT2D eigenvalue weighted by Gasteiger charge is 2.08. The summed E-state index contributed by atoms with van der Waals surface area (Å²) in [5.41, 5.74) is 1.11. The Hall–Kier alpha value is -1.46. The molecule has 0 aromatic heterocycles. The summed E-state index contributed by atoms with van der Waals surface area (Å²) >= 11 is 0. The maximum Gasteiger partial charge on any atom is 0.269 e. The largest absolute Gasteiger partial charge is 0.393 e. The molecular formula is C13H20N2O3. The molecule has 0 heterocycles. The maximum absolute atomic E-state index is 10.5. The fourth-order valence-corrected chi connectivity index (χ4v) is 1.55. The molecule has 5 heteroatoms. The van der Waals surface area contributed by atoms with E-state index in [4.69, 9.17) is 0 Å². The monoisotopic (exact) mass is 252 g/mol. The van der Waals surface area contributed by atoms with Gasteiger partial charge in [0.25, 0.3) is 5.69 Å². The summed E-state index contributed by atoms with van der Waals surface area (Å²) in [6.45, 7) is 5.36. The van der Waals surface area contributed by atoms with E-state index in [1.165, 1.54) is 12.1 Å². The highest BCUT2D eigenvalue weighted by atomic mass is 16.6. The molecule has 0 saturated heterocycles. The van der Waals surface area contributed by atoms with Crippen molar-refractivity contribution in [1.82, 2.24) is 5.32 Å². The number of aliphatic hydroxyl groups excluding tert-OH is 1. The Morgan fingerprint density at radius 2 is 1.94 bits per heavy atom. The molecule has 1 unspecified atom stereocenters. The Labute approximate surface area is 107 Å². The molecule has 0 aliphatic heterocycles. The minimum atomic E-state index is -0.407. The molecule has 0 aliphatic carbocycles. The quantitative estimate of drug-likeness (QED) is 0.442. The zero-order valence-corrected chi connectivity index (χ0v) is 10.8. The van der Waals surface area contributed by atoms with Gasteiger partial charge in [-0.3, -0.25) is 10.1 Å². The van der Waals surface area contributed by atoms with Crippen LogP contribution < -0.4 is 5.32 Å². The Balaban J connectivity index is 2.29. The lowest BCUT2D eigenvalue weighted by Crippen LogP contribution is -2.23. The van der Waals surface area contributed by atoms with Crippen LogP contribution in [-0.2, 0) is 6.54 Å². The second-order valence-electron chi connectivity index (χ2n) is 4.70. The van der Waals surface area contributed by atoms with Gasteiger partial charge in [0.05, 0.1) is 11.0 Å². The number of nitro groups is 1. The van der Waals surface area contributed by atoms with E-state index in [1.807, 2.05) is 13.8 Å². The zero-order valence-electron chi connectivity index (χ0n) is 10.8. The predicted molar refractivity (Wildman–Crippen MR) is 70.3 cm³/mol. The fourth-order valence-electron chi connectivity index (χ4n) is 1.55. The van der Waals surface area contributed by atoms with Gasteiger partial charge in [0.2, 0.25) is 0 Å². The Kier molecular flexibility index (Phi) is 5.74.